The van der Waals surface area contributed by atoms with E-state index in [1.165, 1.54) is 0 Å². The molecule has 2 aromatic carbocycles. The van der Waals surface area contributed by atoms with Crippen molar-refractivity contribution in [2.45, 2.75) is 6.42 Å². The second kappa shape index (κ2) is 10.9. The van der Waals surface area contributed by atoms with Crippen molar-refractivity contribution in [3.8, 4) is 5.75 Å². The van der Waals surface area contributed by atoms with Crippen LogP contribution in [0.5, 0.6) is 5.75 Å². The highest BCUT2D eigenvalue weighted by Crippen LogP contribution is 2.30. The number of halogens is 2. The third kappa shape index (κ3) is 5.19. The average molecular weight is 468 g/mol. The molecular formula is C22H27Cl2N3O2S. The highest BCUT2D eigenvalue weighted by Gasteiger charge is 2.20. The van der Waals surface area contributed by atoms with Crippen LogP contribution in [-0.4, -0.2) is 50.5 Å². The van der Waals surface area contributed by atoms with Gasteiger partial charge in [-0.2, -0.15) is 0 Å². The molecule has 1 aliphatic rings. The van der Waals surface area contributed by atoms with Crippen molar-refractivity contribution < 1.29 is 9.53 Å². The minimum absolute atomic E-state index is 0. The van der Waals surface area contributed by atoms with Gasteiger partial charge in [0.05, 0.1) is 12.8 Å². The Bertz CT molecular complexity index is 987. The quantitative estimate of drug-likeness (QED) is 0.419. The van der Waals surface area contributed by atoms with Crippen LogP contribution in [0.3, 0.4) is 0 Å². The monoisotopic (exact) mass is 467 g/mol. The first-order chi connectivity index (χ1) is 13.7. The maximum absolute atomic E-state index is 12.8. The number of rotatable bonds is 6. The van der Waals surface area contributed by atoms with Crippen LogP contribution in [-0.2, 0) is 0 Å². The molecule has 0 aliphatic carbocycles. The van der Waals surface area contributed by atoms with Gasteiger partial charge >= 0.3 is 0 Å². The third-order valence-corrected chi connectivity index (χ3v) is 6.31. The lowest BCUT2D eigenvalue weighted by atomic mass is 10.1. The summed E-state index contributed by atoms with van der Waals surface area (Å²) in [6.45, 7) is 4.56. The Hall–Kier alpha value is -1.99. The number of thiophene rings is 1. The number of ether oxygens (including phenoxy) is 1. The summed E-state index contributed by atoms with van der Waals surface area (Å²) < 4.78 is 6.60. The highest BCUT2D eigenvalue weighted by atomic mass is 35.5. The largest absolute Gasteiger partial charge is 0.495 e. The van der Waals surface area contributed by atoms with E-state index in [0.717, 1.165) is 59.8 Å². The molecule has 0 unspecified atom stereocenters. The van der Waals surface area contributed by atoms with Crippen molar-refractivity contribution in [3.63, 3.8) is 0 Å². The van der Waals surface area contributed by atoms with E-state index in [1.807, 2.05) is 41.8 Å². The number of benzene rings is 2. The molecule has 1 aliphatic heterocycles. The molecule has 8 heteroatoms. The number of hydrogen-bond acceptors (Lipinski definition) is 6. The van der Waals surface area contributed by atoms with Gasteiger partial charge in [0.1, 0.15) is 5.75 Å². The molecule has 0 saturated carbocycles. The van der Waals surface area contributed by atoms with Gasteiger partial charge in [-0.05, 0) is 30.3 Å². The molecule has 3 aromatic rings. The summed E-state index contributed by atoms with van der Waals surface area (Å²) in [4.78, 5) is 17.5. The Morgan fingerprint density at radius 3 is 2.57 bits per heavy atom. The fourth-order valence-electron chi connectivity index (χ4n) is 3.76. The number of para-hydroxylation sites is 2. The predicted molar refractivity (Wildman–Crippen MR) is 131 cm³/mol. The number of nitrogens with zero attached hydrogens (tertiary/aromatic N) is 2. The minimum atomic E-state index is 0. The van der Waals surface area contributed by atoms with E-state index >= 15 is 0 Å². The van der Waals surface area contributed by atoms with Crippen LogP contribution in [0.15, 0.2) is 47.8 Å². The van der Waals surface area contributed by atoms with Crippen molar-refractivity contribution >= 4 is 63.4 Å². The van der Waals surface area contributed by atoms with E-state index < -0.39 is 0 Å². The van der Waals surface area contributed by atoms with E-state index in [9.17, 15) is 4.79 Å². The topological polar surface area (TPSA) is 58.8 Å². The van der Waals surface area contributed by atoms with Crippen LogP contribution < -0.4 is 15.4 Å². The summed E-state index contributed by atoms with van der Waals surface area (Å²) >= 11 is 1.61. The van der Waals surface area contributed by atoms with Gasteiger partial charge in [0.2, 0.25) is 0 Å². The Balaban J connectivity index is 0.00000160. The van der Waals surface area contributed by atoms with Crippen molar-refractivity contribution in [3.05, 3.63) is 53.4 Å². The number of methoxy groups -OCH3 is 1. The fourth-order valence-corrected chi connectivity index (χ4v) is 4.71. The van der Waals surface area contributed by atoms with Gasteiger partial charge in [-0.3, -0.25) is 9.69 Å². The summed E-state index contributed by atoms with van der Waals surface area (Å²) in [5.74, 6) is 1.11. The van der Waals surface area contributed by atoms with Crippen molar-refractivity contribution in [1.29, 1.82) is 0 Å². The van der Waals surface area contributed by atoms with Gasteiger partial charge in [-0.15, -0.1) is 36.2 Å². The number of carbonyl (C=O) groups excluding carboxylic acids is 1. The fraction of sp³-hybridized carbons (Fsp3) is 0.318. The maximum atomic E-state index is 12.8. The molecule has 30 heavy (non-hydrogen) atoms. The summed E-state index contributed by atoms with van der Waals surface area (Å²) in [6, 6.07) is 13.9. The minimum Gasteiger partial charge on any atom is -0.495 e. The molecule has 0 radical (unpaired) electrons. The van der Waals surface area contributed by atoms with Gasteiger partial charge in [0.25, 0.3) is 0 Å². The lowest BCUT2D eigenvalue weighted by molar-refractivity contribution is 0.0964. The normalized spacial score (nSPS) is 14.1. The SMILES string of the molecule is COc1ccccc1N1CCN(CCC(=O)c2csc3ccc(N)cc23)CC1.Cl.Cl. The Morgan fingerprint density at radius 2 is 1.83 bits per heavy atom. The summed E-state index contributed by atoms with van der Waals surface area (Å²) in [5.41, 5.74) is 8.54. The summed E-state index contributed by atoms with van der Waals surface area (Å²) in [6.07, 6.45) is 0.537. The van der Waals surface area contributed by atoms with Crippen molar-refractivity contribution in [1.82, 2.24) is 4.90 Å². The average Bonchev–Trinajstić information content (AvgIpc) is 3.15. The van der Waals surface area contributed by atoms with Crippen molar-refractivity contribution in [2.24, 2.45) is 0 Å². The molecule has 1 aromatic heterocycles. The zero-order valence-corrected chi connectivity index (χ0v) is 19.3. The van der Waals surface area contributed by atoms with Gasteiger partial charge < -0.3 is 15.4 Å². The van der Waals surface area contributed by atoms with Crippen LogP contribution in [0.2, 0.25) is 0 Å². The molecular weight excluding hydrogens is 441 g/mol. The zero-order valence-electron chi connectivity index (χ0n) is 16.9. The first-order valence-corrected chi connectivity index (χ1v) is 10.4. The van der Waals surface area contributed by atoms with E-state index in [0.29, 0.717) is 12.1 Å². The molecule has 0 atom stereocenters. The number of anilines is 2. The number of ketones is 1. The number of nitrogen functional groups attached to an aromatic ring is 1. The maximum Gasteiger partial charge on any atom is 0.165 e. The molecule has 2 N–H and O–H groups in total. The standard InChI is InChI=1S/C22H25N3O2S.2ClH/c1-27-21-5-3-2-4-19(21)25-12-10-24(11-13-25)9-8-20(26)18-15-28-22-7-6-16(23)14-17(18)22;;/h2-7,14-15H,8-13,23H2,1H3;2*1H. The number of nitrogens with two attached hydrogens (primary N) is 1. The lowest BCUT2D eigenvalue weighted by Gasteiger charge is -2.36. The summed E-state index contributed by atoms with van der Waals surface area (Å²) in [7, 11) is 1.71. The summed E-state index contributed by atoms with van der Waals surface area (Å²) in [5, 5.41) is 2.95. The lowest BCUT2D eigenvalue weighted by Crippen LogP contribution is -2.47. The van der Waals surface area contributed by atoms with Crippen LogP contribution in [0.4, 0.5) is 11.4 Å². The molecule has 5 nitrogen and oxygen atoms in total. The molecule has 4 rings (SSSR count). The van der Waals surface area contributed by atoms with Gasteiger partial charge in [0.15, 0.2) is 5.78 Å². The highest BCUT2D eigenvalue weighted by molar-refractivity contribution is 7.17. The van der Waals surface area contributed by atoms with E-state index in [-0.39, 0.29) is 30.6 Å². The molecule has 162 valence electrons. The number of fused-ring (bicyclic) bond motifs is 1. The van der Waals surface area contributed by atoms with Gasteiger partial charge in [-0.25, -0.2) is 0 Å². The Kier molecular flexibility index (Phi) is 8.79. The first kappa shape index (κ1) is 24.3. The number of carbonyl (C=O) groups is 1. The molecule has 0 amide bonds. The van der Waals surface area contributed by atoms with Crippen LogP contribution in [0.25, 0.3) is 10.1 Å². The number of Topliss-reactive ketones (excluding diaryl/α,β-unsaturated/α-hetero) is 1. The van der Waals surface area contributed by atoms with Crippen LogP contribution >= 0.6 is 36.2 Å². The van der Waals surface area contributed by atoms with Gasteiger partial charge in [0, 0.05) is 65.9 Å². The molecule has 0 bridgehead atoms. The van der Waals surface area contributed by atoms with Gasteiger partial charge in [-0.1, -0.05) is 12.1 Å². The number of hydrogen-bond donors (Lipinski definition) is 1. The molecule has 2 heterocycles. The third-order valence-electron chi connectivity index (χ3n) is 5.35. The van der Waals surface area contributed by atoms with Crippen LogP contribution in [0, 0.1) is 0 Å². The second-order valence-corrected chi connectivity index (χ2v) is 7.99. The van der Waals surface area contributed by atoms with E-state index in [1.54, 1.807) is 18.4 Å². The molecule has 1 saturated heterocycles. The second-order valence-electron chi connectivity index (χ2n) is 7.08. The molecule has 1 fully saturated rings. The first-order valence-electron chi connectivity index (χ1n) is 9.56. The van der Waals surface area contributed by atoms with Crippen molar-refractivity contribution in [2.75, 3.05) is 50.5 Å². The Morgan fingerprint density at radius 1 is 1.10 bits per heavy atom. The van der Waals surface area contributed by atoms with E-state index in [2.05, 4.69) is 15.9 Å². The number of piperazine rings is 1. The molecule has 0 spiro atoms. The Labute approximate surface area is 193 Å². The smallest absolute Gasteiger partial charge is 0.165 e. The zero-order chi connectivity index (χ0) is 19.5. The van der Waals surface area contributed by atoms with E-state index in [4.69, 9.17) is 10.5 Å². The van der Waals surface area contributed by atoms with Crippen LogP contribution in [0.1, 0.15) is 16.8 Å². The predicted octanol–water partition coefficient (Wildman–Crippen LogP) is 4.73.